The third-order valence-corrected chi connectivity index (χ3v) is 0. The minimum Gasteiger partial charge on any atom is -1.00 e. The van der Waals surface area contributed by atoms with Crippen molar-refractivity contribution in [1.29, 1.82) is 0 Å². The Kier molecular flexibility index (Phi) is 58000. The van der Waals surface area contributed by atoms with Crippen molar-refractivity contribution in [3.8, 4) is 0 Å². The van der Waals surface area contributed by atoms with E-state index in [0.717, 1.165) is 0 Å². The molecule has 58 valence electrons. The largest absolute Gasteiger partial charge is 1.00 e. The first-order valence-corrected chi connectivity index (χ1v) is 1.000. The van der Waals surface area contributed by atoms with Gasteiger partial charge in [-0.2, -0.15) is 0 Å². The summed E-state index contributed by atoms with van der Waals surface area (Å²) >= 11 is 0. The Morgan fingerprint density at radius 1 is 0.556 bits per heavy atom. The van der Waals surface area contributed by atoms with E-state index in [1.54, 1.807) is 0 Å². The standard InChI is InChI=1S/2C2H4.4H3N.Na.H/c2*1-2;;;;;;/h2*1-2H2;4*1H3;;/q;;;;;;+1;-1. The van der Waals surface area contributed by atoms with Crippen LogP contribution in [0.3, 0.4) is 0 Å². The summed E-state index contributed by atoms with van der Waals surface area (Å²) in [4.78, 5) is 0. The molecule has 0 unspecified atom stereocenters. The van der Waals surface area contributed by atoms with E-state index in [0.29, 0.717) is 0 Å². The molecule has 0 radical (unpaired) electrons. The Labute approximate surface area is 81.9 Å². The molecule has 0 aromatic carbocycles. The molecule has 0 aliphatic carbocycles. The van der Waals surface area contributed by atoms with Crippen LogP contribution in [0, 0.1) is 0 Å². The van der Waals surface area contributed by atoms with Crippen LogP contribution in [0.1, 0.15) is 1.43 Å². The van der Waals surface area contributed by atoms with Crippen LogP contribution in [0.4, 0.5) is 0 Å². The first-order chi connectivity index (χ1) is 2.00. The molecule has 0 aromatic rings. The molecule has 0 spiro atoms. The zero-order valence-corrected chi connectivity index (χ0v) is 8.66. The van der Waals surface area contributed by atoms with Crippen LogP contribution >= 0.6 is 0 Å². The average Bonchev–Trinajstić information content (AvgIpc) is 1.50. The van der Waals surface area contributed by atoms with Gasteiger partial charge in [-0.3, -0.25) is 0 Å². The van der Waals surface area contributed by atoms with Gasteiger partial charge in [0, 0.05) is 0 Å². The van der Waals surface area contributed by atoms with E-state index in [4.69, 9.17) is 0 Å². The summed E-state index contributed by atoms with van der Waals surface area (Å²) in [5, 5.41) is 0. The Hall–Kier alpha value is 0.320. The monoisotopic (exact) mass is 148 g/mol. The topological polar surface area (TPSA) is 140 Å². The van der Waals surface area contributed by atoms with Crippen LogP contribution in [-0.4, -0.2) is 0 Å². The average molecular weight is 148 g/mol. The van der Waals surface area contributed by atoms with E-state index in [1.165, 1.54) is 0 Å². The normalized spacial score (nSPS) is 0.889. The molecule has 0 rings (SSSR count). The maximum absolute atomic E-state index is 3.00. The van der Waals surface area contributed by atoms with Gasteiger partial charge in [0.25, 0.3) is 0 Å². The van der Waals surface area contributed by atoms with Crippen LogP contribution in [0.15, 0.2) is 26.3 Å². The molecule has 0 saturated carbocycles. The van der Waals surface area contributed by atoms with Crippen molar-refractivity contribution in [2.45, 2.75) is 0 Å². The molecule has 9 heavy (non-hydrogen) atoms. The third kappa shape index (κ3) is 3250. The first-order valence-electron chi connectivity index (χ1n) is 1.000. The molecule has 0 aliphatic rings. The van der Waals surface area contributed by atoms with Crippen molar-refractivity contribution >= 4 is 0 Å². The van der Waals surface area contributed by atoms with E-state index in [-0.39, 0.29) is 55.6 Å². The summed E-state index contributed by atoms with van der Waals surface area (Å²) in [7, 11) is 0. The fourth-order valence-corrected chi connectivity index (χ4v) is 0. The zero-order valence-electron chi connectivity index (χ0n) is 7.66. The number of hydrogen-bond acceptors (Lipinski definition) is 4. The molecule has 0 heterocycles. The predicted molar refractivity (Wildman–Crippen MR) is 43.7 cm³/mol. The van der Waals surface area contributed by atoms with Crippen molar-refractivity contribution < 1.29 is 31.0 Å². The van der Waals surface area contributed by atoms with Crippen molar-refractivity contribution in [2.75, 3.05) is 0 Å². The zero-order chi connectivity index (χ0) is 4.00. The molecule has 0 aromatic heterocycles. The molecule has 0 atom stereocenters. The third-order valence-electron chi connectivity index (χ3n) is 0. The first kappa shape index (κ1) is 120. The molecule has 5 heteroatoms. The van der Waals surface area contributed by atoms with E-state index >= 15 is 0 Å². The van der Waals surface area contributed by atoms with Gasteiger partial charge >= 0.3 is 29.6 Å². The van der Waals surface area contributed by atoms with Gasteiger partial charge in [-0.25, -0.2) is 0 Å². The minimum absolute atomic E-state index is 0. The van der Waals surface area contributed by atoms with Crippen molar-refractivity contribution in [3.63, 3.8) is 0 Å². The molecule has 0 aliphatic heterocycles. The predicted octanol–water partition coefficient (Wildman–Crippen LogP) is -0.631. The molecule has 0 saturated heterocycles. The van der Waals surface area contributed by atoms with Gasteiger partial charge in [-0.05, 0) is 0 Å². The second-order valence-corrected chi connectivity index (χ2v) is 0. The van der Waals surface area contributed by atoms with Crippen molar-refractivity contribution in [2.24, 2.45) is 0 Å². The van der Waals surface area contributed by atoms with Gasteiger partial charge in [-0.15, -0.1) is 26.3 Å². The summed E-state index contributed by atoms with van der Waals surface area (Å²) in [6.07, 6.45) is 0. The molecule has 0 amide bonds. The molecular weight excluding hydrogens is 127 g/mol. The van der Waals surface area contributed by atoms with Gasteiger partial charge in [0.05, 0.1) is 0 Å². The Morgan fingerprint density at radius 3 is 0.556 bits per heavy atom. The van der Waals surface area contributed by atoms with Crippen molar-refractivity contribution in [3.05, 3.63) is 26.3 Å². The quantitative estimate of drug-likeness (QED) is 0.268. The second-order valence-electron chi connectivity index (χ2n) is 0. The maximum Gasteiger partial charge on any atom is 1.00 e. The molecule has 0 bridgehead atoms. The van der Waals surface area contributed by atoms with Gasteiger partial charge in [0.15, 0.2) is 0 Å². The van der Waals surface area contributed by atoms with Crippen molar-refractivity contribution in [1.82, 2.24) is 24.6 Å². The van der Waals surface area contributed by atoms with E-state index < -0.39 is 0 Å². The van der Waals surface area contributed by atoms with Gasteiger partial charge in [-0.1, -0.05) is 0 Å². The van der Waals surface area contributed by atoms with Gasteiger partial charge in [0.1, 0.15) is 0 Å². The van der Waals surface area contributed by atoms with Gasteiger partial charge < -0.3 is 26.0 Å². The van der Waals surface area contributed by atoms with Crippen LogP contribution < -0.4 is 54.2 Å². The Bertz CT molecular complexity index is 19.2. The van der Waals surface area contributed by atoms with E-state index in [9.17, 15) is 0 Å². The van der Waals surface area contributed by atoms with Crippen LogP contribution in [-0.2, 0) is 0 Å². The summed E-state index contributed by atoms with van der Waals surface area (Å²) < 4.78 is 0. The van der Waals surface area contributed by atoms with Gasteiger partial charge in [0.2, 0.25) is 0 Å². The molecule has 12 N–H and O–H groups in total. The molecule has 4 nitrogen and oxygen atoms in total. The molecule has 0 fully saturated rings. The smallest absolute Gasteiger partial charge is 1.00 e. The maximum atomic E-state index is 3.00. The Balaban J connectivity index is -0.000000000833. The fraction of sp³-hybridized carbons (Fsp3) is 0. The van der Waals surface area contributed by atoms with E-state index in [2.05, 4.69) is 26.3 Å². The number of hydrogen-bond donors (Lipinski definition) is 4. The van der Waals surface area contributed by atoms with Crippen LogP contribution in [0.25, 0.3) is 0 Å². The fourth-order valence-electron chi connectivity index (χ4n) is 0. The molecular formula is C4H21N4Na. The Morgan fingerprint density at radius 2 is 0.556 bits per heavy atom. The summed E-state index contributed by atoms with van der Waals surface area (Å²) in [5.74, 6) is 0. The van der Waals surface area contributed by atoms with Crippen LogP contribution in [0.2, 0.25) is 0 Å². The number of rotatable bonds is 0. The summed E-state index contributed by atoms with van der Waals surface area (Å²) in [6.45, 7) is 12.0. The van der Waals surface area contributed by atoms with Crippen LogP contribution in [0.5, 0.6) is 0 Å². The SMILES string of the molecule is C=C.C=C.N.N.N.N.[H-].[Na+]. The summed E-state index contributed by atoms with van der Waals surface area (Å²) in [5.41, 5.74) is 0. The van der Waals surface area contributed by atoms with E-state index in [1.807, 2.05) is 0 Å². The minimum atomic E-state index is 0. The second kappa shape index (κ2) is 4350. The summed E-state index contributed by atoms with van der Waals surface area (Å²) in [6, 6.07) is 0.